The lowest BCUT2D eigenvalue weighted by Gasteiger charge is -2.04. The topological polar surface area (TPSA) is 12.0 Å². The molecular formula is C5H9ClF3N. The quantitative estimate of drug-likeness (QED) is 0.509. The first-order valence-electron chi connectivity index (χ1n) is 2.44. The molecule has 0 saturated carbocycles. The molecule has 0 amide bonds. The highest BCUT2D eigenvalue weighted by molar-refractivity contribution is 5.85. The molecule has 0 aliphatic heterocycles. The third-order valence-electron chi connectivity index (χ3n) is 0.614. The van der Waals surface area contributed by atoms with E-state index in [1.807, 2.05) is 0 Å². The number of hydrogen-bond donors (Lipinski definition) is 1. The molecule has 0 fully saturated rings. The van der Waals surface area contributed by atoms with Crippen molar-refractivity contribution in [3.05, 3.63) is 12.7 Å². The molecule has 0 atom stereocenters. The van der Waals surface area contributed by atoms with Gasteiger partial charge < -0.3 is 5.32 Å². The maximum absolute atomic E-state index is 11.3. The molecule has 0 rings (SSSR count). The predicted octanol–water partition coefficient (Wildman–Crippen LogP) is 1.75. The van der Waals surface area contributed by atoms with E-state index in [4.69, 9.17) is 0 Å². The summed E-state index contributed by atoms with van der Waals surface area (Å²) in [5.41, 5.74) is 0. The molecule has 0 bridgehead atoms. The van der Waals surface area contributed by atoms with E-state index in [1.165, 1.54) is 6.08 Å². The van der Waals surface area contributed by atoms with Gasteiger partial charge in [0, 0.05) is 6.54 Å². The lowest BCUT2D eigenvalue weighted by atomic mass is 10.5. The Morgan fingerprint density at radius 3 is 2.20 bits per heavy atom. The van der Waals surface area contributed by atoms with Crippen LogP contribution in [0.2, 0.25) is 0 Å². The first-order valence-corrected chi connectivity index (χ1v) is 2.44. The van der Waals surface area contributed by atoms with E-state index in [0.717, 1.165) is 0 Å². The van der Waals surface area contributed by atoms with E-state index in [9.17, 15) is 13.2 Å². The van der Waals surface area contributed by atoms with Gasteiger partial charge in [-0.25, -0.2) is 0 Å². The molecule has 0 radical (unpaired) electrons. The summed E-state index contributed by atoms with van der Waals surface area (Å²) in [6, 6.07) is 0. The molecule has 0 spiro atoms. The van der Waals surface area contributed by atoms with Gasteiger partial charge in [-0.2, -0.15) is 13.2 Å². The number of alkyl halides is 3. The highest BCUT2D eigenvalue weighted by Gasteiger charge is 2.25. The molecule has 0 aromatic heterocycles. The third-order valence-corrected chi connectivity index (χ3v) is 0.614. The van der Waals surface area contributed by atoms with Crippen molar-refractivity contribution < 1.29 is 13.2 Å². The van der Waals surface area contributed by atoms with Crippen LogP contribution in [-0.2, 0) is 0 Å². The lowest BCUT2D eigenvalue weighted by Crippen LogP contribution is -2.28. The molecule has 5 heteroatoms. The molecule has 0 saturated heterocycles. The fraction of sp³-hybridized carbons (Fsp3) is 0.600. The van der Waals surface area contributed by atoms with Crippen LogP contribution in [0.3, 0.4) is 0 Å². The van der Waals surface area contributed by atoms with Crippen LogP contribution in [0, 0.1) is 0 Å². The molecule has 0 heterocycles. The summed E-state index contributed by atoms with van der Waals surface area (Å²) in [6.07, 6.45) is -2.73. The average Bonchev–Trinajstić information content (AvgIpc) is 1.63. The van der Waals surface area contributed by atoms with Crippen LogP contribution in [0.15, 0.2) is 12.7 Å². The maximum atomic E-state index is 11.3. The number of halogens is 4. The van der Waals surface area contributed by atoms with E-state index in [2.05, 4.69) is 11.9 Å². The zero-order chi connectivity index (χ0) is 7.33. The van der Waals surface area contributed by atoms with Gasteiger partial charge in [-0.05, 0) is 0 Å². The zero-order valence-electron chi connectivity index (χ0n) is 5.24. The fourth-order valence-corrected chi connectivity index (χ4v) is 0.316. The fourth-order valence-electron chi connectivity index (χ4n) is 0.316. The van der Waals surface area contributed by atoms with E-state index in [1.54, 1.807) is 0 Å². The van der Waals surface area contributed by atoms with Gasteiger partial charge >= 0.3 is 6.18 Å². The van der Waals surface area contributed by atoms with Crippen LogP contribution >= 0.6 is 12.4 Å². The van der Waals surface area contributed by atoms with Crippen molar-refractivity contribution in [3.63, 3.8) is 0 Å². The van der Waals surface area contributed by atoms with Crippen LogP contribution in [0.1, 0.15) is 0 Å². The molecule has 0 unspecified atom stereocenters. The molecule has 0 aromatic rings. The normalized spacial score (nSPS) is 10.3. The Morgan fingerprint density at radius 2 is 1.90 bits per heavy atom. The van der Waals surface area contributed by atoms with Gasteiger partial charge in [-0.1, -0.05) is 6.08 Å². The Kier molecular flexibility index (Phi) is 6.92. The van der Waals surface area contributed by atoms with Gasteiger partial charge in [-0.3, -0.25) is 0 Å². The summed E-state index contributed by atoms with van der Waals surface area (Å²) in [6.45, 7) is 2.50. The van der Waals surface area contributed by atoms with Crippen LogP contribution < -0.4 is 5.32 Å². The highest BCUT2D eigenvalue weighted by atomic mass is 35.5. The number of nitrogens with one attached hydrogen (secondary N) is 1. The number of hydrogen-bond acceptors (Lipinski definition) is 1. The minimum absolute atomic E-state index is 0. The second-order valence-corrected chi connectivity index (χ2v) is 1.53. The van der Waals surface area contributed by atoms with E-state index >= 15 is 0 Å². The SMILES string of the molecule is C=CCNCC(F)(F)F.Cl. The summed E-state index contributed by atoms with van der Waals surface area (Å²) in [5.74, 6) is 0. The Bertz CT molecular complexity index is 91.4. The predicted molar refractivity (Wildman–Crippen MR) is 36.4 cm³/mol. The molecule has 1 N–H and O–H groups in total. The third kappa shape index (κ3) is 10.7. The van der Waals surface area contributed by atoms with Gasteiger partial charge in [0.05, 0.1) is 6.54 Å². The lowest BCUT2D eigenvalue weighted by molar-refractivity contribution is -0.124. The van der Waals surface area contributed by atoms with E-state index in [0.29, 0.717) is 0 Å². The standard InChI is InChI=1S/C5H8F3N.ClH/c1-2-3-9-4-5(6,7)8;/h2,9H,1,3-4H2;1H. The molecule has 0 aromatic carbocycles. The van der Waals surface area contributed by atoms with Gasteiger partial charge in [-0.15, -0.1) is 19.0 Å². The monoisotopic (exact) mass is 175 g/mol. The molecule has 10 heavy (non-hydrogen) atoms. The van der Waals surface area contributed by atoms with Crippen molar-refractivity contribution in [1.29, 1.82) is 0 Å². The Balaban J connectivity index is 0. The van der Waals surface area contributed by atoms with E-state index in [-0.39, 0.29) is 19.0 Å². The summed E-state index contributed by atoms with van der Waals surface area (Å²) >= 11 is 0. The second-order valence-electron chi connectivity index (χ2n) is 1.53. The van der Waals surface area contributed by atoms with E-state index < -0.39 is 12.7 Å². The van der Waals surface area contributed by atoms with Crippen LogP contribution in [-0.4, -0.2) is 19.3 Å². The van der Waals surface area contributed by atoms with Crippen molar-refractivity contribution in [2.24, 2.45) is 0 Å². The van der Waals surface area contributed by atoms with Gasteiger partial charge in [0.25, 0.3) is 0 Å². The smallest absolute Gasteiger partial charge is 0.305 e. The second kappa shape index (κ2) is 5.56. The Hall–Kier alpha value is -0.220. The minimum atomic E-state index is -4.11. The van der Waals surface area contributed by atoms with Gasteiger partial charge in [0.1, 0.15) is 0 Å². The van der Waals surface area contributed by atoms with Gasteiger partial charge in [0.15, 0.2) is 0 Å². The summed E-state index contributed by atoms with van der Waals surface area (Å²) in [5, 5.41) is 2.13. The maximum Gasteiger partial charge on any atom is 0.401 e. The summed E-state index contributed by atoms with van der Waals surface area (Å²) < 4.78 is 33.8. The van der Waals surface area contributed by atoms with Crippen molar-refractivity contribution in [2.75, 3.05) is 13.1 Å². The highest BCUT2D eigenvalue weighted by Crippen LogP contribution is 2.11. The van der Waals surface area contributed by atoms with Gasteiger partial charge in [0.2, 0.25) is 0 Å². The molecule has 62 valence electrons. The molecule has 1 nitrogen and oxygen atoms in total. The Labute approximate surface area is 63.7 Å². The summed E-state index contributed by atoms with van der Waals surface area (Å²) in [7, 11) is 0. The van der Waals surface area contributed by atoms with Crippen LogP contribution in [0.4, 0.5) is 13.2 Å². The van der Waals surface area contributed by atoms with Crippen molar-refractivity contribution in [2.45, 2.75) is 6.18 Å². The summed E-state index contributed by atoms with van der Waals surface area (Å²) in [4.78, 5) is 0. The van der Waals surface area contributed by atoms with Crippen molar-refractivity contribution in [3.8, 4) is 0 Å². The molecule has 0 aliphatic carbocycles. The first-order chi connectivity index (χ1) is 4.06. The van der Waals surface area contributed by atoms with Crippen molar-refractivity contribution >= 4 is 12.4 Å². The number of rotatable bonds is 3. The van der Waals surface area contributed by atoms with Crippen LogP contribution in [0.25, 0.3) is 0 Å². The first kappa shape index (κ1) is 12.5. The van der Waals surface area contributed by atoms with Crippen LogP contribution in [0.5, 0.6) is 0 Å². The molecular weight excluding hydrogens is 167 g/mol. The minimum Gasteiger partial charge on any atom is -0.305 e. The average molecular weight is 176 g/mol. The zero-order valence-corrected chi connectivity index (χ0v) is 6.06. The van der Waals surface area contributed by atoms with Crippen molar-refractivity contribution in [1.82, 2.24) is 5.32 Å². The molecule has 0 aliphatic rings. The Morgan fingerprint density at radius 1 is 1.40 bits per heavy atom. The largest absolute Gasteiger partial charge is 0.401 e.